The number of benzene rings is 1. The van der Waals surface area contributed by atoms with E-state index in [0.717, 1.165) is 10.0 Å². The normalized spacial score (nSPS) is 14.6. The number of halogens is 1. The second-order valence-corrected chi connectivity index (χ2v) is 4.40. The molecule has 0 aromatic heterocycles. The van der Waals surface area contributed by atoms with Gasteiger partial charge in [-0.05, 0) is 18.6 Å². The van der Waals surface area contributed by atoms with Crippen LogP contribution in [0.3, 0.4) is 0 Å². The number of methoxy groups -OCH3 is 1. The largest absolute Gasteiger partial charge is 0.481 e. The summed E-state index contributed by atoms with van der Waals surface area (Å²) in [6.07, 6.45) is 0. The molecular weight excluding hydrogens is 260 g/mol. The molecule has 0 fully saturated rings. The molecule has 0 aliphatic rings. The third kappa shape index (κ3) is 2.38. The predicted octanol–water partition coefficient (Wildman–Crippen LogP) is 2.44. The zero-order valence-electron chi connectivity index (χ0n) is 8.66. The first-order valence-electron chi connectivity index (χ1n) is 4.49. The minimum atomic E-state index is -1.02. The van der Waals surface area contributed by atoms with Crippen molar-refractivity contribution in [2.45, 2.75) is 12.3 Å². The number of hydrogen-bond acceptors (Lipinski definition) is 2. The van der Waals surface area contributed by atoms with Crippen LogP contribution in [-0.2, 0) is 14.9 Å². The quantitative estimate of drug-likeness (QED) is 0.916. The van der Waals surface area contributed by atoms with Crippen LogP contribution in [0.2, 0.25) is 0 Å². The lowest BCUT2D eigenvalue weighted by molar-refractivity contribution is -0.145. The maximum absolute atomic E-state index is 11.3. The number of carbonyl (C=O) groups is 1. The van der Waals surface area contributed by atoms with Crippen molar-refractivity contribution in [3.8, 4) is 0 Å². The molecule has 1 rings (SSSR count). The molecule has 0 aliphatic heterocycles. The zero-order valence-corrected chi connectivity index (χ0v) is 10.2. The number of hydrogen-bond donors (Lipinski definition) is 1. The van der Waals surface area contributed by atoms with Crippen molar-refractivity contribution >= 4 is 21.9 Å². The van der Waals surface area contributed by atoms with Gasteiger partial charge in [-0.25, -0.2) is 0 Å². The third-order valence-electron chi connectivity index (χ3n) is 2.37. The van der Waals surface area contributed by atoms with Crippen molar-refractivity contribution in [1.29, 1.82) is 0 Å². The van der Waals surface area contributed by atoms with E-state index in [4.69, 9.17) is 4.74 Å². The number of carboxylic acid groups (broad SMARTS) is 1. The van der Waals surface area contributed by atoms with E-state index < -0.39 is 11.4 Å². The lowest BCUT2D eigenvalue weighted by atomic mass is 9.83. The van der Waals surface area contributed by atoms with Crippen molar-refractivity contribution in [2.24, 2.45) is 0 Å². The molecule has 0 saturated carbocycles. The standard InChI is InChI=1S/C11H13BrO3/c1-11(7-15-2,10(13)14)8-5-3-4-6-9(8)12/h3-6H,7H2,1-2H3,(H,13,14). The molecule has 0 radical (unpaired) electrons. The van der Waals surface area contributed by atoms with Crippen molar-refractivity contribution in [2.75, 3.05) is 13.7 Å². The highest BCUT2D eigenvalue weighted by molar-refractivity contribution is 9.10. The molecule has 0 heterocycles. The molecule has 3 nitrogen and oxygen atoms in total. The summed E-state index contributed by atoms with van der Waals surface area (Å²) in [5.41, 5.74) is -0.297. The molecule has 0 aliphatic carbocycles. The Balaban J connectivity index is 3.21. The molecule has 1 N–H and O–H groups in total. The number of rotatable bonds is 4. The number of carboxylic acids is 1. The van der Waals surface area contributed by atoms with Crippen LogP contribution in [0.5, 0.6) is 0 Å². The lowest BCUT2D eigenvalue weighted by Gasteiger charge is -2.25. The van der Waals surface area contributed by atoms with Crippen LogP contribution in [0.4, 0.5) is 0 Å². The fourth-order valence-electron chi connectivity index (χ4n) is 1.45. The van der Waals surface area contributed by atoms with Crippen molar-refractivity contribution in [3.05, 3.63) is 34.3 Å². The fraction of sp³-hybridized carbons (Fsp3) is 0.364. The first kappa shape index (κ1) is 12.2. The van der Waals surface area contributed by atoms with Crippen LogP contribution in [-0.4, -0.2) is 24.8 Å². The van der Waals surface area contributed by atoms with Crippen LogP contribution in [0.15, 0.2) is 28.7 Å². The lowest BCUT2D eigenvalue weighted by Crippen LogP contribution is -2.37. The van der Waals surface area contributed by atoms with Crippen LogP contribution < -0.4 is 0 Å². The van der Waals surface area contributed by atoms with E-state index in [1.165, 1.54) is 7.11 Å². The molecule has 1 atom stereocenters. The molecule has 4 heteroatoms. The van der Waals surface area contributed by atoms with Gasteiger partial charge >= 0.3 is 5.97 Å². The van der Waals surface area contributed by atoms with Crippen molar-refractivity contribution in [1.82, 2.24) is 0 Å². The molecule has 1 aromatic carbocycles. The first-order valence-corrected chi connectivity index (χ1v) is 5.29. The molecule has 1 unspecified atom stereocenters. The highest BCUT2D eigenvalue weighted by Gasteiger charge is 2.36. The topological polar surface area (TPSA) is 46.5 Å². The Morgan fingerprint density at radius 1 is 1.53 bits per heavy atom. The summed E-state index contributed by atoms with van der Waals surface area (Å²) >= 11 is 3.35. The SMILES string of the molecule is COCC(C)(C(=O)O)c1ccccc1Br. The summed E-state index contributed by atoms with van der Waals surface area (Å²) in [6, 6.07) is 7.28. The summed E-state index contributed by atoms with van der Waals surface area (Å²) < 4.78 is 5.76. The smallest absolute Gasteiger partial charge is 0.316 e. The molecule has 0 saturated heterocycles. The molecule has 0 amide bonds. The fourth-order valence-corrected chi connectivity index (χ4v) is 2.17. The third-order valence-corrected chi connectivity index (χ3v) is 3.06. The first-order chi connectivity index (χ1) is 7.02. The van der Waals surface area contributed by atoms with Gasteiger partial charge in [-0.1, -0.05) is 34.1 Å². The van der Waals surface area contributed by atoms with Crippen molar-refractivity contribution < 1.29 is 14.6 Å². The molecule has 0 spiro atoms. The Kier molecular flexibility index (Phi) is 3.88. The van der Waals surface area contributed by atoms with Gasteiger partial charge in [0.25, 0.3) is 0 Å². The van der Waals surface area contributed by atoms with Crippen molar-refractivity contribution in [3.63, 3.8) is 0 Å². The van der Waals surface area contributed by atoms with Crippen LogP contribution >= 0.6 is 15.9 Å². The van der Waals surface area contributed by atoms with E-state index in [0.29, 0.717) is 0 Å². The average Bonchev–Trinajstić information content (AvgIpc) is 2.18. The second-order valence-electron chi connectivity index (χ2n) is 3.55. The Hall–Kier alpha value is -0.870. The van der Waals surface area contributed by atoms with E-state index in [1.807, 2.05) is 18.2 Å². The van der Waals surface area contributed by atoms with E-state index in [2.05, 4.69) is 15.9 Å². The van der Waals surface area contributed by atoms with Gasteiger partial charge in [0, 0.05) is 11.6 Å². The monoisotopic (exact) mass is 272 g/mol. The van der Waals surface area contributed by atoms with Crippen LogP contribution in [0.25, 0.3) is 0 Å². The van der Waals surface area contributed by atoms with E-state index in [9.17, 15) is 9.90 Å². The Morgan fingerprint density at radius 3 is 2.60 bits per heavy atom. The predicted molar refractivity (Wildman–Crippen MR) is 61.0 cm³/mol. The molecule has 0 bridgehead atoms. The van der Waals surface area contributed by atoms with Gasteiger partial charge in [-0.3, -0.25) is 4.79 Å². The zero-order chi connectivity index (χ0) is 11.5. The highest BCUT2D eigenvalue weighted by atomic mass is 79.9. The minimum absolute atomic E-state index is 0.144. The van der Waals surface area contributed by atoms with Gasteiger partial charge in [0.2, 0.25) is 0 Å². The summed E-state index contributed by atoms with van der Waals surface area (Å²) in [5.74, 6) is -0.892. The van der Waals surface area contributed by atoms with E-state index >= 15 is 0 Å². The van der Waals surface area contributed by atoms with Gasteiger partial charge in [0.05, 0.1) is 6.61 Å². The summed E-state index contributed by atoms with van der Waals surface area (Å²) in [5, 5.41) is 9.24. The van der Waals surface area contributed by atoms with Gasteiger partial charge in [-0.15, -0.1) is 0 Å². The Morgan fingerprint density at radius 2 is 2.13 bits per heavy atom. The average molecular weight is 273 g/mol. The number of ether oxygens (including phenoxy) is 1. The van der Waals surface area contributed by atoms with Gasteiger partial charge in [0.1, 0.15) is 5.41 Å². The van der Waals surface area contributed by atoms with Gasteiger partial charge in [-0.2, -0.15) is 0 Å². The van der Waals surface area contributed by atoms with E-state index in [-0.39, 0.29) is 6.61 Å². The van der Waals surface area contributed by atoms with Crippen LogP contribution in [0, 0.1) is 0 Å². The maximum Gasteiger partial charge on any atom is 0.316 e. The van der Waals surface area contributed by atoms with Gasteiger partial charge < -0.3 is 9.84 Å². The second kappa shape index (κ2) is 4.77. The molecular formula is C11H13BrO3. The molecule has 15 heavy (non-hydrogen) atoms. The molecule has 1 aromatic rings. The summed E-state index contributed by atoms with van der Waals surface area (Å²) in [4.78, 5) is 11.3. The minimum Gasteiger partial charge on any atom is -0.481 e. The maximum atomic E-state index is 11.3. The summed E-state index contributed by atoms with van der Waals surface area (Å²) in [7, 11) is 1.50. The van der Waals surface area contributed by atoms with Gasteiger partial charge in [0.15, 0.2) is 0 Å². The molecule has 82 valence electrons. The highest BCUT2D eigenvalue weighted by Crippen LogP contribution is 2.30. The van der Waals surface area contributed by atoms with E-state index in [1.54, 1.807) is 13.0 Å². The number of aliphatic carboxylic acids is 1. The Labute approximate surface area is 97.2 Å². The summed E-state index contributed by atoms with van der Waals surface area (Å²) in [6.45, 7) is 1.80. The van der Waals surface area contributed by atoms with Crippen LogP contribution in [0.1, 0.15) is 12.5 Å². The Bertz CT molecular complexity index is 365.